The van der Waals surface area contributed by atoms with Gasteiger partial charge in [0.2, 0.25) is 5.91 Å². The molecular formula is C13H23NO2. The maximum absolute atomic E-state index is 12.2. The maximum atomic E-state index is 12.2. The van der Waals surface area contributed by atoms with Crippen LogP contribution in [-0.2, 0) is 9.53 Å². The monoisotopic (exact) mass is 225 g/mol. The van der Waals surface area contributed by atoms with Crippen LogP contribution >= 0.6 is 0 Å². The molecule has 0 bridgehead atoms. The van der Waals surface area contributed by atoms with Gasteiger partial charge in [0, 0.05) is 26.1 Å². The third-order valence-electron chi connectivity index (χ3n) is 4.16. The van der Waals surface area contributed by atoms with Gasteiger partial charge in [-0.3, -0.25) is 4.79 Å². The molecule has 1 aliphatic heterocycles. The Morgan fingerprint density at radius 1 is 1.19 bits per heavy atom. The zero-order chi connectivity index (χ0) is 11.5. The molecule has 1 saturated carbocycles. The molecular weight excluding hydrogens is 202 g/mol. The number of methoxy groups -OCH3 is 1. The molecule has 16 heavy (non-hydrogen) atoms. The molecule has 2 fully saturated rings. The van der Waals surface area contributed by atoms with Gasteiger partial charge in [0.25, 0.3) is 0 Å². The molecule has 1 amide bonds. The molecule has 1 aliphatic carbocycles. The fourth-order valence-electron chi connectivity index (χ4n) is 2.89. The maximum Gasteiger partial charge on any atom is 0.225 e. The van der Waals surface area contributed by atoms with Crippen molar-refractivity contribution in [2.75, 3.05) is 20.2 Å². The van der Waals surface area contributed by atoms with E-state index in [1.807, 2.05) is 4.90 Å². The highest BCUT2D eigenvalue weighted by Gasteiger charge is 2.32. The van der Waals surface area contributed by atoms with E-state index in [2.05, 4.69) is 6.92 Å². The summed E-state index contributed by atoms with van der Waals surface area (Å²) in [6, 6.07) is 0. The second-order valence-corrected chi connectivity index (χ2v) is 5.39. The second-order valence-electron chi connectivity index (χ2n) is 5.39. The fourth-order valence-corrected chi connectivity index (χ4v) is 2.89. The molecule has 0 aromatic carbocycles. The van der Waals surface area contributed by atoms with Crippen LogP contribution < -0.4 is 0 Å². The van der Waals surface area contributed by atoms with Crippen molar-refractivity contribution in [1.29, 1.82) is 0 Å². The number of carbonyl (C=O) groups excluding carboxylic acids is 1. The Hall–Kier alpha value is -0.570. The van der Waals surface area contributed by atoms with E-state index in [0.717, 1.165) is 38.3 Å². The van der Waals surface area contributed by atoms with Crippen LogP contribution in [0, 0.1) is 11.8 Å². The normalized spacial score (nSPS) is 35.4. The van der Waals surface area contributed by atoms with Gasteiger partial charge in [-0.15, -0.1) is 0 Å². The van der Waals surface area contributed by atoms with Gasteiger partial charge < -0.3 is 9.64 Å². The van der Waals surface area contributed by atoms with Crippen LogP contribution in [0.3, 0.4) is 0 Å². The molecule has 1 atom stereocenters. The van der Waals surface area contributed by atoms with Gasteiger partial charge >= 0.3 is 0 Å². The molecule has 92 valence electrons. The zero-order valence-corrected chi connectivity index (χ0v) is 10.4. The molecule has 0 aromatic heterocycles. The van der Waals surface area contributed by atoms with Crippen molar-refractivity contribution in [1.82, 2.24) is 4.90 Å². The van der Waals surface area contributed by atoms with Crippen LogP contribution in [0.1, 0.15) is 39.0 Å². The number of rotatable bonds is 2. The molecule has 2 rings (SSSR count). The topological polar surface area (TPSA) is 29.5 Å². The Morgan fingerprint density at radius 2 is 1.88 bits per heavy atom. The van der Waals surface area contributed by atoms with Gasteiger partial charge in [0.1, 0.15) is 0 Å². The summed E-state index contributed by atoms with van der Waals surface area (Å²) in [5.41, 5.74) is 0. The minimum absolute atomic E-state index is 0.270. The van der Waals surface area contributed by atoms with E-state index in [0.29, 0.717) is 11.8 Å². The van der Waals surface area contributed by atoms with E-state index in [1.165, 1.54) is 12.8 Å². The Kier molecular flexibility index (Phi) is 3.85. The van der Waals surface area contributed by atoms with Gasteiger partial charge in [-0.2, -0.15) is 0 Å². The van der Waals surface area contributed by atoms with Crippen molar-refractivity contribution < 1.29 is 9.53 Å². The minimum Gasteiger partial charge on any atom is -0.380 e. The standard InChI is InChI=1S/C13H23NO2/c1-10-3-5-11(6-4-10)13(15)14-8-7-12(9-14)16-2/h10-12H,3-9H2,1-2H3/t10-,11-,12-/m0/s1. The predicted octanol–water partition coefficient (Wildman–Crippen LogP) is 2.06. The number of nitrogens with zero attached hydrogens (tertiary/aromatic N) is 1. The summed E-state index contributed by atoms with van der Waals surface area (Å²) in [5.74, 6) is 1.49. The first-order valence-corrected chi connectivity index (χ1v) is 6.52. The molecule has 0 aromatic rings. The zero-order valence-electron chi connectivity index (χ0n) is 10.4. The van der Waals surface area contributed by atoms with E-state index in [9.17, 15) is 4.79 Å². The van der Waals surface area contributed by atoms with Crippen molar-refractivity contribution in [2.24, 2.45) is 11.8 Å². The lowest BCUT2D eigenvalue weighted by Crippen LogP contribution is -2.36. The van der Waals surface area contributed by atoms with Crippen molar-refractivity contribution in [3.05, 3.63) is 0 Å². The van der Waals surface area contributed by atoms with Crippen LogP contribution in [0.4, 0.5) is 0 Å². The highest BCUT2D eigenvalue weighted by atomic mass is 16.5. The van der Waals surface area contributed by atoms with Crippen molar-refractivity contribution >= 4 is 5.91 Å². The highest BCUT2D eigenvalue weighted by molar-refractivity contribution is 5.79. The molecule has 0 spiro atoms. The number of hydrogen-bond donors (Lipinski definition) is 0. The average Bonchev–Trinajstić information content (AvgIpc) is 2.77. The quantitative estimate of drug-likeness (QED) is 0.720. The van der Waals surface area contributed by atoms with E-state index < -0.39 is 0 Å². The summed E-state index contributed by atoms with van der Waals surface area (Å²) >= 11 is 0. The summed E-state index contributed by atoms with van der Waals surface area (Å²) in [7, 11) is 1.74. The van der Waals surface area contributed by atoms with Crippen LogP contribution in [0.15, 0.2) is 0 Å². The molecule has 3 nitrogen and oxygen atoms in total. The Labute approximate surface area is 98.1 Å². The van der Waals surface area contributed by atoms with Crippen molar-refractivity contribution in [3.8, 4) is 0 Å². The predicted molar refractivity (Wildman–Crippen MR) is 63.1 cm³/mol. The van der Waals surface area contributed by atoms with Crippen LogP contribution in [-0.4, -0.2) is 37.1 Å². The van der Waals surface area contributed by atoms with Gasteiger partial charge in [0.05, 0.1) is 6.10 Å². The van der Waals surface area contributed by atoms with Crippen molar-refractivity contribution in [3.63, 3.8) is 0 Å². The van der Waals surface area contributed by atoms with Crippen LogP contribution in [0.2, 0.25) is 0 Å². The van der Waals surface area contributed by atoms with E-state index >= 15 is 0 Å². The third-order valence-corrected chi connectivity index (χ3v) is 4.16. The average molecular weight is 225 g/mol. The van der Waals surface area contributed by atoms with E-state index in [1.54, 1.807) is 7.11 Å². The first-order chi connectivity index (χ1) is 7.70. The van der Waals surface area contributed by atoms with Crippen molar-refractivity contribution in [2.45, 2.75) is 45.1 Å². The second kappa shape index (κ2) is 5.17. The number of likely N-dealkylation sites (tertiary alicyclic amines) is 1. The van der Waals surface area contributed by atoms with Crippen LogP contribution in [0.5, 0.6) is 0 Å². The molecule has 0 radical (unpaired) electrons. The lowest BCUT2D eigenvalue weighted by molar-refractivity contribution is -0.136. The van der Waals surface area contributed by atoms with Gasteiger partial charge in [-0.25, -0.2) is 0 Å². The Morgan fingerprint density at radius 3 is 2.44 bits per heavy atom. The summed E-state index contributed by atoms with van der Waals surface area (Å²) in [5, 5.41) is 0. The van der Waals surface area contributed by atoms with Crippen LogP contribution in [0.25, 0.3) is 0 Å². The summed E-state index contributed by atoms with van der Waals surface area (Å²) in [6.45, 7) is 3.99. The van der Waals surface area contributed by atoms with Gasteiger partial charge in [-0.1, -0.05) is 6.92 Å². The fraction of sp³-hybridized carbons (Fsp3) is 0.923. The Bertz CT molecular complexity index is 242. The molecule has 1 saturated heterocycles. The van der Waals surface area contributed by atoms with Gasteiger partial charge in [-0.05, 0) is 38.0 Å². The number of ether oxygens (including phenoxy) is 1. The number of hydrogen-bond acceptors (Lipinski definition) is 2. The SMILES string of the molecule is CO[C@H]1CCN(C(=O)[C@H]2CC[C@H](C)CC2)C1. The lowest BCUT2D eigenvalue weighted by atomic mass is 9.82. The third kappa shape index (κ3) is 2.57. The largest absolute Gasteiger partial charge is 0.380 e. The summed E-state index contributed by atoms with van der Waals surface area (Å²) in [6.07, 6.45) is 5.90. The first kappa shape index (κ1) is 11.9. The highest BCUT2D eigenvalue weighted by Crippen LogP contribution is 2.30. The smallest absolute Gasteiger partial charge is 0.225 e. The first-order valence-electron chi connectivity index (χ1n) is 6.52. The van der Waals surface area contributed by atoms with E-state index in [-0.39, 0.29) is 6.10 Å². The minimum atomic E-state index is 0.270. The molecule has 1 heterocycles. The molecule has 0 N–H and O–H groups in total. The molecule has 0 unspecified atom stereocenters. The molecule has 3 heteroatoms. The summed E-state index contributed by atoms with van der Waals surface area (Å²) < 4.78 is 5.30. The number of carbonyl (C=O) groups is 1. The van der Waals surface area contributed by atoms with Gasteiger partial charge in [0.15, 0.2) is 0 Å². The number of amides is 1. The summed E-state index contributed by atoms with van der Waals surface area (Å²) in [4.78, 5) is 14.2. The Balaban J connectivity index is 1.83. The molecule has 2 aliphatic rings. The van der Waals surface area contributed by atoms with E-state index in [4.69, 9.17) is 4.74 Å². The lowest BCUT2D eigenvalue weighted by Gasteiger charge is -2.28.